The third-order valence-electron chi connectivity index (χ3n) is 4.95. The van der Waals surface area contributed by atoms with Crippen LogP contribution >= 0.6 is 0 Å². The van der Waals surface area contributed by atoms with Crippen LogP contribution in [0.5, 0.6) is 0 Å². The van der Waals surface area contributed by atoms with E-state index in [1.54, 1.807) is 15.8 Å². The van der Waals surface area contributed by atoms with Crippen molar-refractivity contribution in [3.8, 4) is 0 Å². The second-order valence-corrected chi connectivity index (χ2v) is 6.55. The molecule has 0 spiro atoms. The van der Waals surface area contributed by atoms with Crippen molar-refractivity contribution in [3.05, 3.63) is 47.3 Å². The minimum atomic E-state index is -4.48. The molecule has 4 rings (SSSR count). The number of likely N-dealkylation sites (tertiary alicyclic amines) is 1. The van der Waals surface area contributed by atoms with Crippen molar-refractivity contribution in [2.75, 3.05) is 13.1 Å². The Balaban J connectivity index is 1.51. The summed E-state index contributed by atoms with van der Waals surface area (Å²) in [5.41, 5.74) is 0.0687. The van der Waals surface area contributed by atoms with Crippen LogP contribution in [0.2, 0.25) is 0 Å². The SMILES string of the molecule is O=C(Cc1ccccc1C(F)(F)F)N1CC[C@@H]2OCc3cnnn3[C@H]2C1. The highest BCUT2D eigenvalue weighted by molar-refractivity contribution is 5.79. The van der Waals surface area contributed by atoms with Crippen molar-refractivity contribution in [1.29, 1.82) is 0 Å². The van der Waals surface area contributed by atoms with Gasteiger partial charge in [0.2, 0.25) is 5.91 Å². The quantitative estimate of drug-likeness (QED) is 0.818. The van der Waals surface area contributed by atoms with E-state index in [2.05, 4.69) is 10.3 Å². The summed E-state index contributed by atoms with van der Waals surface area (Å²) in [4.78, 5) is 14.2. The van der Waals surface area contributed by atoms with E-state index < -0.39 is 11.7 Å². The molecule has 26 heavy (non-hydrogen) atoms. The van der Waals surface area contributed by atoms with Gasteiger partial charge in [-0.15, -0.1) is 5.10 Å². The van der Waals surface area contributed by atoms with Gasteiger partial charge in [-0.3, -0.25) is 4.79 Å². The van der Waals surface area contributed by atoms with Gasteiger partial charge in [0.1, 0.15) is 0 Å². The predicted molar refractivity (Wildman–Crippen MR) is 84.0 cm³/mol. The number of rotatable bonds is 2. The van der Waals surface area contributed by atoms with Crippen LogP contribution in [0.25, 0.3) is 0 Å². The lowest BCUT2D eigenvalue weighted by molar-refractivity contribution is -0.140. The Morgan fingerprint density at radius 1 is 1.31 bits per heavy atom. The number of carbonyl (C=O) groups excluding carboxylic acids is 1. The van der Waals surface area contributed by atoms with Crippen LogP contribution < -0.4 is 0 Å². The number of piperidine rings is 1. The molecule has 138 valence electrons. The highest BCUT2D eigenvalue weighted by Gasteiger charge is 2.38. The Labute approximate surface area is 147 Å². The fourth-order valence-corrected chi connectivity index (χ4v) is 3.63. The van der Waals surface area contributed by atoms with E-state index in [1.165, 1.54) is 18.2 Å². The first-order valence-corrected chi connectivity index (χ1v) is 8.37. The summed E-state index contributed by atoms with van der Waals surface area (Å²) in [6.07, 6.45) is -2.57. The maximum Gasteiger partial charge on any atom is 0.416 e. The Morgan fingerprint density at radius 2 is 2.12 bits per heavy atom. The molecule has 9 heteroatoms. The van der Waals surface area contributed by atoms with Gasteiger partial charge in [0.15, 0.2) is 0 Å². The number of nitrogens with zero attached hydrogens (tertiary/aromatic N) is 4. The Morgan fingerprint density at radius 3 is 2.92 bits per heavy atom. The molecule has 2 aliphatic rings. The van der Waals surface area contributed by atoms with Gasteiger partial charge in [-0.2, -0.15) is 13.2 Å². The molecule has 0 saturated carbocycles. The van der Waals surface area contributed by atoms with E-state index in [4.69, 9.17) is 4.74 Å². The summed E-state index contributed by atoms with van der Waals surface area (Å²) in [6.45, 7) is 1.24. The first kappa shape index (κ1) is 17.0. The topological polar surface area (TPSA) is 60.3 Å². The number of hydrogen-bond donors (Lipinski definition) is 0. The van der Waals surface area contributed by atoms with Crippen molar-refractivity contribution in [2.24, 2.45) is 0 Å². The van der Waals surface area contributed by atoms with Crippen LogP contribution in [0.4, 0.5) is 13.2 Å². The molecule has 1 aromatic heterocycles. The molecule has 3 heterocycles. The highest BCUT2D eigenvalue weighted by atomic mass is 19.4. The molecule has 2 atom stereocenters. The monoisotopic (exact) mass is 366 g/mol. The maximum atomic E-state index is 13.1. The van der Waals surface area contributed by atoms with Gasteiger partial charge >= 0.3 is 6.18 Å². The number of halogens is 3. The largest absolute Gasteiger partial charge is 0.416 e. The molecule has 0 aliphatic carbocycles. The zero-order valence-corrected chi connectivity index (χ0v) is 13.8. The van der Waals surface area contributed by atoms with Crippen molar-refractivity contribution >= 4 is 5.91 Å². The summed E-state index contributed by atoms with van der Waals surface area (Å²) >= 11 is 0. The van der Waals surface area contributed by atoms with E-state index in [0.29, 0.717) is 26.1 Å². The molecule has 0 radical (unpaired) electrons. The fraction of sp³-hybridized carbons (Fsp3) is 0.471. The van der Waals surface area contributed by atoms with Gasteiger partial charge in [-0.25, -0.2) is 4.68 Å². The summed E-state index contributed by atoms with van der Waals surface area (Å²) in [6, 6.07) is 5.05. The first-order chi connectivity index (χ1) is 12.4. The Kier molecular flexibility index (Phi) is 4.18. The summed E-state index contributed by atoms with van der Waals surface area (Å²) in [5.74, 6) is -0.326. The van der Waals surface area contributed by atoms with Gasteiger partial charge in [0.25, 0.3) is 0 Å². The average molecular weight is 366 g/mol. The lowest BCUT2D eigenvalue weighted by atomic mass is 9.98. The van der Waals surface area contributed by atoms with Gasteiger partial charge in [-0.05, 0) is 18.1 Å². The number of carbonyl (C=O) groups is 1. The fourth-order valence-electron chi connectivity index (χ4n) is 3.63. The second kappa shape index (κ2) is 6.39. The number of alkyl halides is 3. The van der Waals surface area contributed by atoms with E-state index in [1.807, 2.05) is 0 Å². The molecular formula is C17H17F3N4O2. The van der Waals surface area contributed by atoms with Crippen LogP contribution in [0.15, 0.2) is 30.5 Å². The molecule has 1 amide bonds. The molecule has 1 fully saturated rings. The van der Waals surface area contributed by atoms with E-state index in [9.17, 15) is 18.0 Å². The second-order valence-electron chi connectivity index (χ2n) is 6.55. The normalized spacial score (nSPS) is 22.7. The van der Waals surface area contributed by atoms with Crippen molar-refractivity contribution in [3.63, 3.8) is 0 Å². The van der Waals surface area contributed by atoms with E-state index >= 15 is 0 Å². The minimum Gasteiger partial charge on any atom is -0.370 e. The van der Waals surface area contributed by atoms with E-state index in [0.717, 1.165) is 11.8 Å². The lowest BCUT2D eigenvalue weighted by Gasteiger charge is -2.41. The summed E-state index contributed by atoms with van der Waals surface area (Å²) in [7, 11) is 0. The zero-order valence-electron chi connectivity index (χ0n) is 13.8. The maximum absolute atomic E-state index is 13.1. The number of ether oxygens (including phenoxy) is 1. The number of benzene rings is 1. The van der Waals surface area contributed by atoms with Gasteiger partial charge in [0.05, 0.1) is 42.6 Å². The van der Waals surface area contributed by atoms with Gasteiger partial charge in [-0.1, -0.05) is 23.4 Å². The van der Waals surface area contributed by atoms with Crippen LogP contribution in [-0.4, -0.2) is 45.0 Å². The zero-order chi connectivity index (χ0) is 18.3. The Bertz CT molecular complexity index is 820. The molecule has 6 nitrogen and oxygen atoms in total. The molecule has 2 aromatic rings. The van der Waals surface area contributed by atoms with Crippen LogP contribution in [0.1, 0.15) is 29.3 Å². The third-order valence-corrected chi connectivity index (χ3v) is 4.95. The van der Waals surface area contributed by atoms with Gasteiger partial charge in [0, 0.05) is 13.1 Å². The van der Waals surface area contributed by atoms with Crippen LogP contribution in [-0.2, 0) is 28.7 Å². The van der Waals surface area contributed by atoms with Crippen molar-refractivity contribution in [1.82, 2.24) is 19.9 Å². The van der Waals surface area contributed by atoms with Crippen LogP contribution in [0.3, 0.4) is 0 Å². The molecule has 1 aromatic carbocycles. The molecular weight excluding hydrogens is 349 g/mol. The predicted octanol–water partition coefficient (Wildman–Crippen LogP) is 2.21. The number of aromatic nitrogens is 3. The van der Waals surface area contributed by atoms with Crippen LogP contribution in [0, 0.1) is 0 Å². The number of amides is 1. The molecule has 0 bridgehead atoms. The summed E-state index contributed by atoms with van der Waals surface area (Å²) < 4.78 is 46.9. The minimum absolute atomic E-state index is 0.00605. The average Bonchev–Trinajstić information content (AvgIpc) is 3.10. The number of fused-ring (bicyclic) bond motifs is 3. The first-order valence-electron chi connectivity index (χ1n) is 8.37. The lowest BCUT2D eigenvalue weighted by Crippen LogP contribution is -2.50. The molecule has 0 N–H and O–H groups in total. The standard InChI is InChI=1S/C17H17F3N4O2/c18-17(19,20)13-4-2-1-3-11(13)7-16(25)23-6-5-15-14(9-23)24-12(10-26-15)8-21-22-24/h1-4,8,14-15H,5-7,9-10H2/t14-,15-/m0/s1. The smallest absolute Gasteiger partial charge is 0.370 e. The number of hydrogen-bond acceptors (Lipinski definition) is 4. The summed E-state index contributed by atoms with van der Waals surface area (Å²) in [5, 5.41) is 7.94. The highest BCUT2D eigenvalue weighted by Crippen LogP contribution is 2.33. The molecule has 0 unspecified atom stereocenters. The van der Waals surface area contributed by atoms with Gasteiger partial charge < -0.3 is 9.64 Å². The van der Waals surface area contributed by atoms with E-state index in [-0.39, 0.29) is 30.0 Å². The van der Waals surface area contributed by atoms with Crippen molar-refractivity contribution < 1.29 is 22.7 Å². The third kappa shape index (κ3) is 3.07. The Hall–Kier alpha value is -2.42. The van der Waals surface area contributed by atoms with Crippen molar-refractivity contribution in [2.45, 2.75) is 37.8 Å². The molecule has 2 aliphatic heterocycles. The molecule has 1 saturated heterocycles.